The number of carbonyl (C=O) groups excluding carboxylic acids is 1. The number of aryl methyl sites for hydroxylation is 1. The first-order valence-electron chi connectivity index (χ1n) is 7.32. The Morgan fingerprint density at radius 1 is 1.29 bits per heavy atom. The molecule has 0 bridgehead atoms. The fourth-order valence-electron chi connectivity index (χ4n) is 2.26. The van der Waals surface area contributed by atoms with E-state index in [2.05, 4.69) is 0 Å². The van der Waals surface area contributed by atoms with Crippen molar-refractivity contribution in [2.75, 3.05) is 27.7 Å². The van der Waals surface area contributed by atoms with Crippen LogP contribution in [0.3, 0.4) is 0 Å². The van der Waals surface area contributed by atoms with Gasteiger partial charge in [-0.25, -0.2) is 0 Å². The van der Waals surface area contributed by atoms with Gasteiger partial charge in [-0.15, -0.1) is 0 Å². The normalized spacial score (nSPS) is 13.3. The largest absolute Gasteiger partial charge is 0.390 e. The fourth-order valence-corrected chi connectivity index (χ4v) is 2.26. The predicted octanol–water partition coefficient (Wildman–Crippen LogP) is 2.22. The van der Waals surface area contributed by atoms with E-state index in [-0.39, 0.29) is 11.9 Å². The Balaban J connectivity index is 2.88. The quantitative estimate of drug-likeness (QED) is 0.874. The third-order valence-electron chi connectivity index (χ3n) is 3.54. The summed E-state index contributed by atoms with van der Waals surface area (Å²) in [7, 11) is 5.61. The Bertz CT molecular complexity index is 478. The van der Waals surface area contributed by atoms with Crippen LogP contribution in [0.4, 0.5) is 0 Å². The van der Waals surface area contributed by atoms with Crippen molar-refractivity contribution in [3.8, 4) is 0 Å². The first-order valence-corrected chi connectivity index (χ1v) is 7.32. The molecule has 0 aliphatic carbocycles. The topological polar surface area (TPSA) is 43.8 Å². The Hall–Kier alpha value is -1.39. The van der Waals surface area contributed by atoms with E-state index in [9.17, 15) is 9.90 Å². The average molecular weight is 292 g/mol. The van der Waals surface area contributed by atoms with Crippen molar-refractivity contribution in [1.82, 2.24) is 9.80 Å². The average Bonchev–Trinajstić information content (AvgIpc) is 2.34. The minimum Gasteiger partial charge on any atom is -0.390 e. The summed E-state index contributed by atoms with van der Waals surface area (Å²) < 4.78 is 0. The second-order valence-corrected chi connectivity index (χ2v) is 6.60. The number of carbonyl (C=O) groups is 1. The number of likely N-dealkylation sites (N-methyl/N-ethyl adjacent to an activating group) is 2. The van der Waals surface area contributed by atoms with Gasteiger partial charge in [-0.1, -0.05) is 29.8 Å². The molecule has 1 aromatic rings. The van der Waals surface area contributed by atoms with Gasteiger partial charge in [0.05, 0.1) is 5.60 Å². The lowest BCUT2D eigenvalue weighted by molar-refractivity contribution is -0.135. The minimum atomic E-state index is -0.758. The molecule has 0 radical (unpaired) electrons. The van der Waals surface area contributed by atoms with Gasteiger partial charge in [-0.3, -0.25) is 9.69 Å². The summed E-state index contributed by atoms with van der Waals surface area (Å²) in [5, 5.41) is 9.80. The first kappa shape index (κ1) is 17.7. The number of aliphatic hydroxyl groups is 1. The summed E-state index contributed by atoms with van der Waals surface area (Å²) in [6.07, 6.45) is 0.559. The number of hydrogen-bond donors (Lipinski definition) is 1. The van der Waals surface area contributed by atoms with Crippen molar-refractivity contribution in [1.29, 1.82) is 0 Å². The van der Waals surface area contributed by atoms with Crippen LogP contribution in [0.15, 0.2) is 24.3 Å². The van der Waals surface area contributed by atoms with Crippen molar-refractivity contribution in [2.45, 2.75) is 38.8 Å². The lowest BCUT2D eigenvalue weighted by Gasteiger charge is -2.30. The van der Waals surface area contributed by atoms with E-state index in [1.807, 2.05) is 50.2 Å². The Labute approximate surface area is 128 Å². The zero-order valence-electron chi connectivity index (χ0n) is 14.1. The number of benzene rings is 1. The smallest absolute Gasteiger partial charge is 0.244 e. The van der Waals surface area contributed by atoms with Crippen molar-refractivity contribution in [3.05, 3.63) is 35.4 Å². The number of rotatable bonds is 6. The van der Waals surface area contributed by atoms with Gasteiger partial charge < -0.3 is 10.0 Å². The highest BCUT2D eigenvalue weighted by molar-refractivity contribution is 5.83. The summed E-state index contributed by atoms with van der Waals surface area (Å²) in [6.45, 7) is 6.09. The maximum absolute atomic E-state index is 12.7. The van der Waals surface area contributed by atoms with E-state index in [1.54, 1.807) is 25.8 Å². The molecule has 0 aliphatic heterocycles. The number of hydrogen-bond acceptors (Lipinski definition) is 3. The highest BCUT2D eigenvalue weighted by atomic mass is 16.3. The standard InChI is InChI=1S/C17H28N2O2/c1-13-8-7-9-14(12-13)15(18(4)5)16(20)19(6)11-10-17(2,3)21/h7-9,12,15,21H,10-11H2,1-6H3. The molecular formula is C17H28N2O2. The van der Waals surface area contributed by atoms with Gasteiger partial charge >= 0.3 is 0 Å². The Kier molecular flexibility index (Phi) is 5.93. The molecule has 1 amide bonds. The van der Waals surface area contributed by atoms with E-state index < -0.39 is 5.60 Å². The minimum absolute atomic E-state index is 0.0508. The maximum Gasteiger partial charge on any atom is 0.244 e. The Morgan fingerprint density at radius 3 is 2.38 bits per heavy atom. The van der Waals surface area contributed by atoms with E-state index in [4.69, 9.17) is 0 Å². The molecule has 0 saturated heterocycles. The van der Waals surface area contributed by atoms with Gasteiger partial charge in [0.2, 0.25) is 5.91 Å². The van der Waals surface area contributed by atoms with E-state index >= 15 is 0 Å². The summed E-state index contributed by atoms with van der Waals surface area (Å²) in [4.78, 5) is 16.3. The van der Waals surface area contributed by atoms with E-state index in [1.165, 1.54) is 0 Å². The first-order chi connectivity index (χ1) is 9.61. The Morgan fingerprint density at radius 2 is 1.90 bits per heavy atom. The van der Waals surface area contributed by atoms with Crippen molar-refractivity contribution in [2.24, 2.45) is 0 Å². The molecule has 1 aromatic carbocycles. The third kappa shape index (κ3) is 5.48. The van der Waals surface area contributed by atoms with Gasteiger partial charge in [-0.2, -0.15) is 0 Å². The molecule has 0 heterocycles. The number of nitrogens with zero attached hydrogens (tertiary/aromatic N) is 2. The summed E-state index contributed by atoms with van der Waals surface area (Å²) in [6, 6.07) is 7.74. The number of amides is 1. The third-order valence-corrected chi connectivity index (χ3v) is 3.54. The van der Waals surface area contributed by atoms with Gasteiger partial charge in [0.1, 0.15) is 6.04 Å². The zero-order valence-corrected chi connectivity index (χ0v) is 14.1. The molecule has 1 atom stereocenters. The van der Waals surface area contributed by atoms with Gasteiger partial charge in [0.25, 0.3) is 0 Å². The van der Waals surface area contributed by atoms with E-state index in [0.29, 0.717) is 13.0 Å². The van der Waals surface area contributed by atoms with Gasteiger partial charge in [-0.05, 0) is 46.9 Å². The molecule has 4 heteroatoms. The van der Waals surface area contributed by atoms with Crippen molar-refractivity contribution >= 4 is 5.91 Å². The summed E-state index contributed by atoms with van der Waals surface area (Å²) in [5.74, 6) is 0.0508. The maximum atomic E-state index is 12.7. The van der Waals surface area contributed by atoms with Gasteiger partial charge in [0, 0.05) is 13.6 Å². The van der Waals surface area contributed by atoms with Crippen LogP contribution in [0.1, 0.15) is 37.4 Å². The fraction of sp³-hybridized carbons (Fsp3) is 0.588. The highest BCUT2D eigenvalue weighted by Gasteiger charge is 2.26. The lowest BCUT2D eigenvalue weighted by atomic mass is 10.0. The molecule has 118 valence electrons. The molecule has 1 unspecified atom stereocenters. The van der Waals surface area contributed by atoms with E-state index in [0.717, 1.165) is 11.1 Å². The molecule has 21 heavy (non-hydrogen) atoms. The van der Waals surface area contributed by atoms with Crippen molar-refractivity contribution < 1.29 is 9.90 Å². The second-order valence-electron chi connectivity index (χ2n) is 6.60. The zero-order chi connectivity index (χ0) is 16.2. The summed E-state index contributed by atoms with van der Waals surface area (Å²) in [5.41, 5.74) is 1.39. The van der Waals surface area contributed by atoms with Crippen LogP contribution in [0.2, 0.25) is 0 Å². The molecule has 0 fully saturated rings. The highest BCUT2D eigenvalue weighted by Crippen LogP contribution is 2.22. The molecule has 0 aliphatic rings. The van der Waals surface area contributed by atoms with Crippen LogP contribution in [-0.2, 0) is 4.79 Å². The molecule has 1 N–H and O–H groups in total. The predicted molar refractivity (Wildman–Crippen MR) is 86.2 cm³/mol. The molecule has 0 aromatic heterocycles. The SMILES string of the molecule is Cc1cccc(C(C(=O)N(C)CCC(C)(C)O)N(C)C)c1. The lowest BCUT2D eigenvalue weighted by Crippen LogP contribution is -2.40. The van der Waals surface area contributed by atoms with Gasteiger partial charge in [0.15, 0.2) is 0 Å². The molecule has 1 rings (SSSR count). The van der Waals surface area contributed by atoms with Crippen LogP contribution >= 0.6 is 0 Å². The van der Waals surface area contributed by atoms with Crippen LogP contribution in [0.25, 0.3) is 0 Å². The molecule has 0 saturated carbocycles. The van der Waals surface area contributed by atoms with Crippen LogP contribution in [0.5, 0.6) is 0 Å². The van der Waals surface area contributed by atoms with Crippen molar-refractivity contribution in [3.63, 3.8) is 0 Å². The summed E-state index contributed by atoms with van der Waals surface area (Å²) >= 11 is 0. The molecule has 4 nitrogen and oxygen atoms in total. The molecule has 0 spiro atoms. The second kappa shape index (κ2) is 7.05. The molecular weight excluding hydrogens is 264 g/mol. The monoisotopic (exact) mass is 292 g/mol. The van der Waals surface area contributed by atoms with Crippen LogP contribution in [0, 0.1) is 6.92 Å². The van der Waals surface area contributed by atoms with Crippen LogP contribution < -0.4 is 0 Å². The van der Waals surface area contributed by atoms with Crippen LogP contribution in [-0.4, -0.2) is 54.1 Å².